The zero-order valence-corrected chi connectivity index (χ0v) is 10.5. The molecule has 0 atom stereocenters. The third kappa shape index (κ3) is 3.63. The molecule has 0 fully saturated rings. The number of rotatable bonds is 3. The second kappa shape index (κ2) is 4.75. The highest BCUT2D eigenvalue weighted by molar-refractivity contribution is 7.11. The van der Waals surface area contributed by atoms with Crippen LogP contribution in [0, 0.1) is 0 Å². The number of carbonyl (C=O) groups is 1. The van der Waals surface area contributed by atoms with Crippen molar-refractivity contribution in [2.75, 3.05) is 7.11 Å². The Kier molecular flexibility index (Phi) is 3.85. The first-order valence-corrected chi connectivity index (χ1v) is 5.77. The second-order valence-electron chi connectivity index (χ2n) is 4.46. The maximum Gasteiger partial charge on any atom is 0.305 e. The quantitative estimate of drug-likeness (QED) is 0.745. The minimum absolute atomic E-state index is 0.0915. The van der Waals surface area contributed by atoms with Gasteiger partial charge < -0.3 is 4.74 Å². The highest BCUT2D eigenvalue weighted by atomic mass is 32.1. The number of esters is 1. The molecule has 0 aliphatic heterocycles. The number of hydrogen-bond donors (Lipinski definition) is 0. The molecule has 1 aromatic rings. The first kappa shape index (κ1) is 12.2. The van der Waals surface area contributed by atoms with Crippen molar-refractivity contribution in [2.24, 2.45) is 0 Å². The average Bonchev–Trinajstić information content (AvgIpc) is 2.61. The number of ether oxygens (including phenoxy) is 1. The summed E-state index contributed by atoms with van der Waals surface area (Å²) in [7, 11) is 1.41. The predicted octanol–water partition coefficient (Wildman–Crippen LogP) is 2.55. The first-order valence-electron chi connectivity index (χ1n) is 4.95. The molecule has 0 aromatic carbocycles. The van der Waals surface area contributed by atoms with Crippen LogP contribution >= 0.6 is 11.3 Å². The summed E-state index contributed by atoms with van der Waals surface area (Å²) in [6.45, 7) is 6.40. The summed E-state index contributed by atoms with van der Waals surface area (Å²) in [6.07, 6.45) is 3.01. The van der Waals surface area contributed by atoms with Crippen LogP contribution in [-0.2, 0) is 21.4 Å². The lowest BCUT2D eigenvalue weighted by Gasteiger charge is -2.13. The van der Waals surface area contributed by atoms with Crippen molar-refractivity contribution < 1.29 is 9.53 Å². The van der Waals surface area contributed by atoms with E-state index >= 15 is 0 Å². The molecule has 0 unspecified atom stereocenters. The number of thiazole rings is 1. The van der Waals surface area contributed by atoms with Crippen LogP contribution in [0.3, 0.4) is 0 Å². The van der Waals surface area contributed by atoms with Gasteiger partial charge in [-0.2, -0.15) is 0 Å². The van der Waals surface area contributed by atoms with Gasteiger partial charge in [-0.05, 0) is 6.42 Å². The molecule has 0 saturated carbocycles. The van der Waals surface area contributed by atoms with Gasteiger partial charge in [0, 0.05) is 16.5 Å². The zero-order chi connectivity index (χ0) is 11.5. The number of aromatic nitrogens is 1. The summed E-state index contributed by atoms with van der Waals surface area (Å²) in [5, 5.41) is 1.11. The summed E-state index contributed by atoms with van der Waals surface area (Å²) in [5.74, 6) is -0.166. The SMILES string of the molecule is COC(=O)CCc1cnc(C(C)(C)C)s1. The van der Waals surface area contributed by atoms with Gasteiger partial charge in [-0.3, -0.25) is 4.79 Å². The Labute approximate surface area is 94.5 Å². The van der Waals surface area contributed by atoms with Gasteiger partial charge in [0.05, 0.1) is 18.5 Å². The molecule has 0 spiro atoms. The number of carbonyl (C=O) groups excluding carboxylic acids is 1. The van der Waals surface area contributed by atoms with Crippen molar-refractivity contribution in [3.8, 4) is 0 Å². The predicted molar refractivity (Wildman–Crippen MR) is 61.2 cm³/mol. The number of aryl methyl sites for hydroxylation is 1. The zero-order valence-electron chi connectivity index (χ0n) is 9.66. The lowest BCUT2D eigenvalue weighted by molar-refractivity contribution is -0.140. The van der Waals surface area contributed by atoms with E-state index in [9.17, 15) is 4.79 Å². The molecule has 4 heteroatoms. The molecule has 84 valence electrons. The molecule has 0 bridgehead atoms. The fraction of sp³-hybridized carbons (Fsp3) is 0.636. The standard InChI is InChI=1S/C11H17NO2S/c1-11(2,3)10-12-7-8(15-10)5-6-9(13)14-4/h7H,5-6H2,1-4H3. The Hall–Kier alpha value is -0.900. The van der Waals surface area contributed by atoms with Gasteiger partial charge in [0.2, 0.25) is 0 Å². The van der Waals surface area contributed by atoms with Gasteiger partial charge >= 0.3 is 5.97 Å². The van der Waals surface area contributed by atoms with Gasteiger partial charge in [0.25, 0.3) is 0 Å². The molecular weight excluding hydrogens is 210 g/mol. The number of nitrogens with zero attached hydrogens (tertiary/aromatic N) is 1. The molecule has 1 rings (SSSR count). The molecule has 0 aliphatic carbocycles. The van der Waals surface area contributed by atoms with Gasteiger partial charge in [-0.1, -0.05) is 20.8 Å². The first-order chi connectivity index (χ1) is 6.93. The van der Waals surface area contributed by atoms with Crippen molar-refractivity contribution in [3.63, 3.8) is 0 Å². The van der Waals surface area contributed by atoms with E-state index in [4.69, 9.17) is 0 Å². The van der Waals surface area contributed by atoms with Crippen LogP contribution in [0.1, 0.15) is 37.1 Å². The minimum atomic E-state index is -0.166. The Morgan fingerprint density at radius 2 is 2.20 bits per heavy atom. The van der Waals surface area contributed by atoms with E-state index in [2.05, 4.69) is 30.5 Å². The maximum atomic E-state index is 11.0. The molecular formula is C11H17NO2S. The minimum Gasteiger partial charge on any atom is -0.469 e. The van der Waals surface area contributed by atoms with Crippen LogP contribution in [0.15, 0.2) is 6.20 Å². The van der Waals surface area contributed by atoms with E-state index < -0.39 is 0 Å². The van der Waals surface area contributed by atoms with Gasteiger partial charge in [-0.25, -0.2) is 4.98 Å². The number of hydrogen-bond acceptors (Lipinski definition) is 4. The smallest absolute Gasteiger partial charge is 0.305 e. The van der Waals surface area contributed by atoms with Crippen LogP contribution in [0.2, 0.25) is 0 Å². The van der Waals surface area contributed by atoms with E-state index in [-0.39, 0.29) is 11.4 Å². The Morgan fingerprint density at radius 3 is 2.67 bits per heavy atom. The summed E-state index contributed by atoms with van der Waals surface area (Å²) >= 11 is 1.67. The molecule has 0 N–H and O–H groups in total. The molecule has 0 amide bonds. The van der Waals surface area contributed by atoms with Gasteiger partial charge in [0.15, 0.2) is 0 Å². The van der Waals surface area contributed by atoms with Crippen LogP contribution < -0.4 is 0 Å². The molecule has 3 nitrogen and oxygen atoms in total. The summed E-state index contributed by atoms with van der Waals surface area (Å²) in [4.78, 5) is 16.5. The number of methoxy groups -OCH3 is 1. The van der Waals surface area contributed by atoms with Crippen molar-refractivity contribution >= 4 is 17.3 Å². The topological polar surface area (TPSA) is 39.2 Å². The lowest BCUT2D eigenvalue weighted by Crippen LogP contribution is -2.09. The van der Waals surface area contributed by atoms with Crippen molar-refractivity contribution in [2.45, 2.75) is 39.0 Å². The van der Waals surface area contributed by atoms with E-state index in [0.717, 1.165) is 16.3 Å². The Balaban J connectivity index is 2.58. The highest BCUT2D eigenvalue weighted by Crippen LogP contribution is 2.27. The van der Waals surface area contributed by atoms with Crippen LogP contribution in [0.25, 0.3) is 0 Å². The van der Waals surface area contributed by atoms with Crippen molar-refractivity contribution in [1.29, 1.82) is 0 Å². The highest BCUT2D eigenvalue weighted by Gasteiger charge is 2.18. The van der Waals surface area contributed by atoms with Crippen LogP contribution in [0.4, 0.5) is 0 Å². The molecule has 0 radical (unpaired) electrons. The monoisotopic (exact) mass is 227 g/mol. The molecule has 0 saturated heterocycles. The van der Waals surface area contributed by atoms with E-state index in [1.807, 2.05) is 6.20 Å². The maximum absolute atomic E-state index is 11.0. The Bertz CT molecular complexity index is 339. The summed E-state index contributed by atoms with van der Waals surface area (Å²) < 4.78 is 4.59. The van der Waals surface area contributed by atoms with Crippen LogP contribution in [-0.4, -0.2) is 18.1 Å². The lowest BCUT2D eigenvalue weighted by atomic mass is 9.98. The summed E-state index contributed by atoms with van der Waals surface area (Å²) in [5.41, 5.74) is 0.0915. The largest absolute Gasteiger partial charge is 0.469 e. The van der Waals surface area contributed by atoms with Crippen molar-refractivity contribution in [3.05, 3.63) is 16.1 Å². The second-order valence-corrected chi connectivity index (χ2v) is 5.57. The van der Waals surface area contributed by atoms with E-state index in [1.54, 1.807) is 11.3 Å². The molecule has 0 aliphatic rings. The molecule has 15 heavy (non-hydrogen) atoms. The van der Waals surface area contributed by atoms with E-state index in [0.29, 0.717) is 6.42 Å². The van der Waals surface area contributed by atoms with Gasteiger partial charge in [-0.15, -0.1) is 11.3 Å². The fourth-order valence-electron chi connectivity index (χ4n) is 1.10. The van der Waals surface area contributed by atoms with Gasteiger partial charge in [0.1, 0.15) is 0 Å². The van der Waals surface area contributed by atoms with E-state index in [1.165, 1.54) is 7.11 Å². The molecule has 1 aromatic heterocycles. The fourth-order valence-corrected chi connectivity index (χ4v) is 2.07. The third-order valence-corrected chi connectivity index (χ3v) is 3.48. The Morgan fingerprint density at radius 1 is 1.53 bits per heavy atom. The average molecular weight is 227 g/mol. The van der Waals surface area contributed by atoms with Crippen LogP contribution in [0.5, 0.6) is 0 Å². The summed E-state index contributed by atoms with van der Waals surface area (Å²) in [6, 6.07) is 0. The normalized spacial score (nSPS) is 11.5. The van der Waals surface area contributed by atoms with Crippen molar-refractivity contribution in [1.82, 2.24) is 4.98 Å². The molecule has 1 heterocycles. The third-order valence-electron chi connectivity index (χ3n) is 2.00.